The van der Waals surface area contributed by atoms with E-state index in [9.17, 15) is 14.7 Å². The molecule has 20 heavy (non-hydrogen) atoms. The molecule has 0 fully saturated rings. The summed E-state index contributed by atoms with van der Waals surface area (Å²) in [5.74, 6) is -1.57. The Hall–Kier alpha value is -1.88. The maximum Gasteiger partial charge on any atom is 0.332 e. The van der Waals surface area contributed by atoms with E-state index in [1.165, 1.54) is 0 Å². The van der Waals surface area contributed by atoms with Gasteiger partial charge in [0.25, 0.3) is 0 Å². The largest absolute Gasteiger partial charge is 0.528 e. The number of carboxylic acids is 1. The Morgan fingerprint density at radius 1 is 1.25 bits per heavy atom. The van der Waals surface area contributed by atoms with Gasteiger partial charge >= 0.3 is 11.9 Å². The summed E-state index contributed by atoms with van der Waals surface area (Å²) in [4.78, 5) is 23.4. The fourth-order valence-electron chi connectivity index (χ4n) is 2.33. The molecule has 0 aliphatic carbocycles. The molecule has 5 heteroatoms. The third kappa shape index (κ3) is 3.57. The molecule has 0 unspecified atom stereocenters. The van der Waals surface area contributed by atoms with Gasteiger partial charge in [0.05, 0.1) is 11.0 Å². The number of aliphatic carboxylic acids is 1. The molecule has 0 aliphatic heterocycles. The molecule has 0 aromatic heterocycles. The summed E-state index contributed by atoms with van der Waals surface area (Å²) in [7, 11) is 0.253. The molecule has 0 radical (unpaired) electrons. The maximum absolute atomic E-state index is 11.9. The van der Waals surface area contributed by atoms with E-state index < -0.39 is 17.4 Å². The number of hydrogen-bond donors (Lipinski definition) is 1. The van der Waals surface area contributed by atoms with Gasteiger partial charge in [-0.1, -0.05) is 35.9 Å². The number of carbonyl (C=O) groups is 2. The third-order valence-corrected chi connectivity index (χ3v) is 3.64. The van der Waals surface area contributed by atoms with E-state index in [1.54, 1.807) is 20.8 Å². The van der Waals surface area contributed by atoms with Crippen LogP contribution in [0.25, 0.3) is 0 Å². The van der Waals surface area contributed by atoms with E-state index in [1.807, 2.05) is 30.3 Å². The van der Waals surface area contributed by atoms with Gasteiger partial charge in [-0.25, -0.2) is 4.79 Å². The lowest BCUT2D eigenvalue weighted by atomic mass is 9.80. The average Bonchev–Trinajstić information content (AvgIpc) is 2.37. The zero-order chi connectivity index (χ0) is 15.3. The first-order valence-corrected chi connectivity index (χ1v) is 7.18. The van der Waals surface area contributed by atoms with Crippen LogP contribution in [0.15, 0.2) is 41.5 Å². The van der Waals surface area contributed by atoms with E-state index in [-0.39, 0.29) is 16.1 Å². The van der Waals surface area contributed by atoms with Crippen molar-refractivity contribution in [1.82, 2.24) is 0 Å². The lowest BCUT2D eigenvalue weighted by Gasteiger charge is -2.25. The third-order valence-electron chi connectivity index (χ3n) is 3.27. The van der Waals surface area contributed by atoms with Crippen LogP contribution in [0.4, 0.5) is 0 Å². The quantitative estimate of drug-likeness (QED) is 0.659. The van der Waals surface area contributed by atoms with Gasteiger partial charge < -0.3 is 9.53 Å². The average molecular weight is 292 g/mol. The number of rotatable bonds is 5. The molecular weight excluding hydrogens is 272 g/mol. The van der Waals surface area contributed by atoms with Crippen molar-refractivity contribution >= 4 is 22.4 Å². The Morgan fingerprint density at radius 2 is 1.80 bits per heavy atom. The second-order valence-electron chi connectivity index (χ2n) is 5.24. The fraction of sp³-hybridized carbons (Fsp3) is 0.333. The molecule has 0 heterocycles. The molecule has 4 nitrogen and oxygen atoms in total. The minimum atomic E-state index is -1.15. The Morgan fingerprint density at radius 3 is 2.25 bits per heavy atom. The number of carboxylic acid groups (broad SMARTS) is 1. The summed E-state index contributed by atoms with van der Waals surface area (Å²) in [5, 5.41) is 9.45. The standard InChI is InChI=1S/C15H20O4Si/c1-10(9-11-7-5-4-6-8-11)12(13(16)17)15(2,3)14(18)19-20/h4-8H,9H2,1-3,20H3,(H,16,17). The van der Waals surface area contributed by atoms with Gasteiger partial charge in [-0.15, -0.1) is 0 Å². The molecule has 0 aliphatic rings. The minimum absolute atomic E-state index is 0.113. The predicted octanol–water partition coefficient (Wildman–Crippen LogP) is 1.48. The van der Waals surface area contributed by atoms with Crippen LogP contribution in [0.1, 0.15) is 26.3 Å². The SMILES string of the molecule is CC(Cc1ccccc1)=C(C(=O)O)C(C)(C)C(=O)O[SiH3]. The Labute approximate surface area is 122 Å². The van der Waals surface area contributed by atoms with E-state index in [0.717, 1.165) is 5.56 Å². The monoisotopic (exact) mass is 292 g/mol. The topological polar surface area (TPSA) is 63.6 Å². The second-order valence-corrected chi connectivity index (χ2v) is 5.65. The summed E-state index contributed by atoms with van der Waals surface area (Å²) in [5.41, 5.74) is 0.647. The summed E-state index contributed by atoms with van der Waals surface area (Å²) in [6.45, 7) is 4.93. The van der Waals surface area contributed by atoms with Crippen molar-refractivity contribution in [3.05, 3.63) is 47.0 Å². The Kier molecular flexibility index (Phi) is 5.27. The van der Waals surface area contributed by atoms with Crippen LogP contribution in [-0.4, -0.2) is 27.5 Å². The van der Waals surface area contributed by atoms with Crippen molar-refractivity contribution < 1.29 is 19.1 Å². The lowest BCUT2D eigenvalue weighted by Crippen LogP contribution is -2.33. The summed E-state index contributed by atoms with van der Waals surface area (Å²) < 4.78 is 4.85. The van der Waals surface area contributed by atoms with Crippen LogP contribution in [0, 0.1) is 5.41 Å². The van der Waals surface area contributed by atoms with Crippen molar-refractivity contribution in [2.24, 2.45) is 5.41 Å². The molecule has 0 bridgehead atoms. The molecule has 108 valence electrons. The van der Waals surface area contributed by atoms with Gasteiger partial charge in [0.15, 0.2) is 0 Å². The molecule has 0 amide bonds. The predicted molar refractivity (Wildman–Crippen MR) is 80.3 cm³/mol. The normalized spacial score (nSPS) is 12.8. The molecule has 0 atom stereocenters. The van der Waals surface area contributed by atoms with Crippen molar-refractivity contribution in [3.63, 3.8) is 0 Å². The van der Waals surface area contributed by atoms with Gasteiger partial charge in [-0.05, 0) is 32.8 Å². The fourth-order valence-corrected chi connectivity index (χ4v) is 2.84. The van der Waals surface area contributed by atoms with Crippen LogP contribution in [0.2, 0.25) is 0 Å². The van der Waals surface area contributed by atoms with Gasteiger partial charge in [0.1, 0.15) is 0 Å². The van der Waals surface area contributed by atoms with E-state index >= 15 is 0 Å². The zero-order valence-electron chi connectivity index (χ0n) is 12.3. The van der Waals surface area contributed by atoms with Gasteiger partial charge in [-0.2, -0.15) is 0 Å². The van der Waals surface area contributed by atoms with Crippen LogP contribution >= 0.6 is 0 Å². The molecule has 0 spiro atoms. The van der Waals surface area contributed by atoms with Crippen LogP contribution < -0.4 is 0 Å². The van der Waals surface area contributed by atoms with Crippen LogP contribution in [-0.2, 0) is 20.4 Å². The highest BCUT2D eigenvalue weighted by atomic mass is 28.2. The smallest absolute Gasteiger partial charge is 0.332 e. The first-order chi connectivity index (χ1) is 9.30. The summed E-state index contributed by atoms with van der Waals surface area (Å²) in [6, 6.07) is 9.58. The second kappa shape index (κ2) is 6.52. The van der Waals surface area contributed by atoms with Crippen molar-refractivity contribution in [2.75, 3.05) is 0 Å². The molecular formula is C15H20O4Si. The molecule has 1 N–H and O–H groups in total. The lowest BCUT2D eigenvalue weighted by molar-refractivity contribution is -0.145. The van der Waals surface area contributed by atoms with Gasteiger partial charge in [0.2, 0.25) is 10.5 Å². The molecule has 1 rings (SSSR count). The molecule has 1 aromatic carbocycles. The number of benzene rings is 1. The highest BCUT2D eigenvalue weighted by Gasteiger charge is 2.38. The van der Waals surface area contributed by atoms with Crippen LogP contribution in [0.5, 0.6) is 0 Å². The minimum Gasteiger partial charge on any atom is -0.528 e. The molecule has 1 aromatic rings. The number of hydrogen-bond acceptors (Lipinski definition) is 3. The van der Waals surface area contributed by atoms with E-state index in [2.05, 4.69) is 0 Å². The van der Waals surface area contributed by atoms with E-state index in [0.29, 0.717) is 12.0 Å². The van der Waals surface area contributed by atoms with Crippen molar-refractivity contribution in [2.45, 2.75) is 27.2 Å². The summed E-state index contributed by atoms with van der Waals surface area (Å²) in [6.07, 6.45) is 0.500. The number of allylic oxidation sites excluding steroid dienone is 1. The van der Waals surface area contributed by atoms with Crippen molar-refractivity contribution in [3.8, 4) is 0 Å². The molecule has 0 saturated heterocycles. The van der Waals surface area contributed by atoms with Crippen molar-refractivity contribution in [1.29, 1.82) is 0 Å². The Balaban J connectivity index is 3.21. The first kappa shape index (κ1) is 16.2. The number of carbonyl (C=O) groups excluding carboxylic acids is 1. The maximum atomic E-state index is 11.9. The first-order valence-electron chi connectivity index (χ1n) is 6.36. The highest BCUT2D eigenvalue weighted by molar-refractivity contribution is 6.08. The Bertz CT molecular complexity index is 532. The summed E-state index contributed by atoms with van der Waals surface area (Å²) >= 11 is 0. The van der Waals surface area contributed by atoms with Gasteiger partial charge in [-0.3, -0.25) is 4.79 Å². The van der Waals surface area contributed by atoms with Gasteiger partial charge in [0, 0.05) is 0 Å². The van der Waals surface area contributed by atoms with Crippen LogP contribution in [0.3, 0.4) is 0 Å². The highest BCUT2D eigenvalue weighted by Crippen LogP contribution is 2.31. The molecule has 0 saturated carbocycles. The zero-order valence-corrected chi connectivity index (χ0v) is 14.3. The van der Waals surface area contributed by atoms with E-state index in [4.69, 9.17) is 4.43 Å².